The second kappa shape index (κ2) is 31.4. The SMILES string of the molecule is Cc1cc(C)c(C(C)(C)C)cc1-c1ccccc1.Cc1cc(C)c2c(c1)oc1c(C(C)(C)C)c(C)ccc12.Cc1cc(C)c2oc3c(C(C)(C)C)c(C)ccc3c2c1.Cc1ccc(C(C)(C)C)c(C)c1.Cc1ccc2c(oc3cc4ccccc4cc32)c1C(C)(C)C.Cc1ccc2c(oc3ccc4ccccc4c32)c1C(C)(C)C. The Kier molecular flexibility index (Phi) is 22.9. The average Bonchev–Trinajstić information content (AvgIpc) is 1.52. The van der Waals surface area contributed by atoms with Crippen LogP contribution in [0.1, 0.15) is 225 Å². The molecule has 0 radical (unpaired) electrons. The Balaban J connectivity index is 0.000000128. The smallest absolute Gasteiger partial charge is 0.139 e. The van der Waals surface area contributed by atoms with E-state index in [0.29, 0.717) is 0 Å². The van der Waals surface area contributed by atoms with Gasteiger partial charge in [-0.15, -0.1) is 0 Å². The van der Waals surface area contributed by atoms with E-state index in [0.717, 1.165) is 44.7 Å². The first-order valence-corrected chi connectivity index (χ1v) is 41.1. The summed E-state index contributed by atoms with van der Waals surface area (Å²) in [5.74, 6) is 0. The van der Waals surface area contributed by atoms with Crippen LogP contribution in [0.2, 0.25) is 0 Å². The molecular formula is C110H124O4. The first-order chi connectivity index (χ1) is 53.3. The molecule has 0 aliphatic heterocycles. The molecule has 0 fully saturated rings. The minimum Gasteiger partial charge on any atom is -0.456 e. The van der Waals surface area contributed by atoms with Gasteiger partial charge >= 0.3 is 0 Å². The molecule has 0 atom stereocenters. The standard InChI is InChI=1S/2C21H20O.2C19H22O.C18H22.C12H18/c1-13-9-11-16-18-15-8-6-5-7-14(15)10-12-17(18)22-20(16)19(13)21(2,3)4;1-13-9-10-16-17-11-14-7-5-6-8-15(14)12-18(17)22-20(16)19(13)21(2,3)4;1-11-9-13(3)16-14-8-7-12(2)17(19(4,5)6)18(14)20-15(16)10-11;1-11-9-13(3)17-15(10-11)14-8-7-12(2)16(18(14)20-17)19(4,5)6;1-13-11-14(2)17(18(3,4)5)12-16(13)15-9-7-6-8-10-15;1-9-6-7-11(10(2)8-9)12(3,4)5/h2*5-12H,1-4H3;2*7-10H,1-6H3;6-12H,1-5H3;6-8H,1-5H3. The highest BCUT2D eigenvalue weighted by atomic mass is 16.3. The monoisotopic (exact) mass is 1510 g/mol. The zero-order chi connectivity index (χ0) is 83.0. The topological polar surface area (TPSA) is 52.6 Å². The Bertz CT molecular complexity index is 6430. The van der Waals surface area contributed by atoms with E-state index in [1.165, 1.54) is 176 Å². The van der Waals surface area contributed by atoms with Crippen LogP contribution in [0.3, 0.4) is 0 Å². The molecule has 4 aromatic heterocycles. The summed E-state index contributed by atoms with van der Waals surface area (Å²) in [6.45, 7) is 66.6. The molecule has 0 aliphatic carbocycles. The van der Waals surface area contributed by atoms with Crippen molar-refractivity contribution in [3.05, 3.63) is 306 Å². The molecule has 0 aliphatic rings. The van der Waals surface area contributed by atoms with Gasteiger partial charge in [0.05, 0.1) is 0 Å². The number of fused-ring (bicyclic) bond motifs is 15. The lowest BCUT2D eigenvalue weighted by Crippen LogP contribution is -2.13. The van der Waals surface area contributed by atoms with Crippen molar-refractivity contribution in [2.24, 2.45) is 0 Å². The molecule has 0 spiro atoms. The van der Waals surface area contributed by atoms with Gasteiger partial charge in [0.25, 0.3) is 0 Å². The summed E-state index contributed by atoms with van der Waals surface area (Å²) in [5.41, 5.74) is 35.5. The molecule has 4 heterocycles. The fraction of sp³-hybridized carbons (Fsp3) is 0.327. The van der Waals surface area contributed by atoms with Crippen LogP contribution in [0.4, 0.5) is 0 Å². The highest BCUT2D eigenvalue weighted by Gasteiger charge is 2.29. The number of aryl methyl sites for hydroxylation is 12. The minimum absolute atomic E-state index is 0.0628. The molecule has 0 unspecified atom stereocenters. The maximum absolute atomic E-state index is 6.30. The molecule has 0 amide bonds. The van der Waals surface area contributed by atoms with E-state index in [4.69, 9.17) is 17.7 Å². The molecule has 588 valence electrons. The van der Waals surface area contributed by atoms with Gasteiger partial charge in [-0.2, -0.15) is 0 Å². The van der Waals surface area contributed by atoms with Crippen LogP contribution in [-0.2, 0) is 32.5 Å². The third-order valence-electron chi connectivity index (χ3n) is 22.7. The summed E-state index contributed by atoms with van der Waals surface area (Å²) in [4.78, 5) is 0. The quantitative estimate of drug-likeness (QED) is 0.164. The molecule has 4 heteroatoms. The lowest BCUT2D eigenvalue weighted by atomic mass is 9.81. The highest BCUT2D eigenvalue weighted by molar-refractivity contribution is 6.19. The number of hydrogen-bond donors (Lipinski definition) is 0. The second-order valence-electron chi connectivity index (χ2n) is 38.9. The first-order valence-electron chi connectivity index (χ1n) is 41.1. The Hall–Kier alpha value is -10.4. The minimum atomic E-state index is 0.0628. The van der Waals surface area contributed by atoms with Crippen molar-refractivity contribution in [1.29, 1.82) is 0 Å². The molecule has 0 saturated heterocycles. The predicted molar refractivity (Wildman–Crippen MR) is 497 cm³/mol. The van der Waals surface area contributed by atoms with E-state index in [-0.39, 0.29) is 32.5 Å². The van der Waals surface area contributed by atoms with Crippen LogP contribution in [-0.4, -0.2) is 0 Å². The van der Waals surface area contributed by atoms with Gasteiger partial charge in [0, 0.05) is 65.3 Å². The van der Waals surface area contributed by atoms with Gasteiger partial charge < -0.3 is 17.7 Å². The van der Waals surface area contributed by atoms with Gasteiger partial charge in [-0.1, -0.05) is 306 Å². The zero-order valence-corrected chi connectivity index (χ0v) is 74.3. The summed E-state index contributed by atoms with van der Waals surface area (Å²) in [5, 5.41) is 14.9. The number of benzene rings is 13. The van der Waals surface area contributed by atoms with Gasteiger partial charge in [-0.3, -0.25) is 0 Å². The Morgan fingerprint density at radius 3 is 1.15 bits per heavy atom. The van der Waals surface area contributed by atoms with Crippen molar-refractivity contribution in [3.63, 3.8) is 0 Å². The summed E-state index contributed by atoms with van der Waals surface area (Å²) in [6, 6.07) is 74.1. The molecule has 4 nitrogen and oxygen atoms in total. The largest absolute Gasteiger partial charge is 0.456 e. The van der Waals surface area contributed by atoms with Gasteiger partial charge in [0.1, 0.15) is 44.7 Å². The molecule has 0 bridgehead atoms. The molecule has 114 heavy (non-hydrogen) atoms. The lowest BCUT2D eigenvalue weighted by Gasteiger charge is -2.24. The van der Waals surface area contributed by atoms with E-state index >= 15 is 0 Å². The maximum Gasteiger partial charge on any atom is 0.139 e. The highest BCUT2D eigenvalue weighted by Crippen LogP contribution is 2.46. The average molecular weight is 1510 g/mol. The summed E-state index contributed by atoms with van der Waals surface area (Å²) >= 11 is 0. The fourth-order valence-corrected chi connectivity index (χ4v) is 18.1. The Morgan fingerprint density at radius 2 is 0.623 bits per heavy atom. The maximum atomic E-state index is 6.30. The molecule has 17 rings (SSSR count). The molecule has 0 N–H and O–H groups in total. The fourth-order valence-electron chi connectivity index (χ4n) is 18.1. The predicted octanol–water partition coefficient (Wildman–Crippen LogP) is 33.2. The van der Waals surface area contributed by atoms with Crippen molar-refractivity contribution in [3.8, 4) is 11.1 Å². The van der Waals surface area contributed by atoms with Gasteiger partial charge in [0.2, 0.25) is 0 Å². The number of rotatable bonds is 1. The van der Waals surface area contributed by atoms with Crippen molar-refractivity contribution >= 4 is 109 Å². The number of furan rings is 4. The lowest BCUT2D eigenvalue weighted by molar-refractivity contribution is 0.568. The Labute approximate surface area is 680 Å². The third-order valence-corrected chi connectivity index (χ3v) is 22.7. The number of hydrogen-bond acceptors (Lipinski definition) is 4. The molecule has 17 aromatic rings. The van der Waals surface area contributed by atoms with Crippen LogP contribution in [0, 0.1) is 83.1 Å². The molecule has 0 saturated carbocycles. The van der Waals surface area contributed by atoms with E-state index in [2.05, 4.69) is 414 Å². The second-order valence-corrected chi connectivity index (χ2v) is 38.9. The van der Waals surface area contributed by atoms with Gasteiger partial charge in [-0.05, 0) is 251 Å². The van der Waals surface area contributed by atoms with Crippen molar-refractivity contribution < 1.29 is 17.7 Å². The van der Waals surface area contributed by atoms with E-state index in [1.54, 1.807) is 0 Å². The molecule has 13 aromatic carbocycles. The van der Waals surface area contributed by atoms with Crippen LogP contribution in [0.15, 0.2) is 224 Å². The van der Waals surface area contributed by atoms with Crippen LogP contribution >= 0.6 is 0 Å². The van der Waals surface area contributed by atoms with Gasteiger partial charge in [0.15, 0.2) is 0 Å². The van der Waals surface area contributed by atoms with Crippen molar-refractivity contribution in [2.75, 3.05) is 0 Å². The first kappa shape index (κ1) is 83.0. The van der Waals surface area contributed by atoms with Crippen molar-refractivity contribution in [1.82, 2.24) is 0 Å². The Morgan fingerprint density at radius 1 is 0.202 bits per heavy atom. The summed E-state index contributed by atoms with van der Waals surface area (Å²) in [7, 11) is 0. The zero-order valence-electron chi connectivity index (χ0n) is 74.3. The van der Waals surface area contributed by atoms with E-state index in [1.807, 2.05) is 0 Å². The van der Waals surface area contributed by atoms with Crippen LogP contribution in [0.5, 0.6) is 0 Å². The third kappa shape index (κ3) is 17.0. The van der Waals surface area contributed by atoms with E-state index in [9.17, 15) is 0 Å². The van der Waals surface area contributed by atoms with Crippen LogP contribution in [0.25, 0.3) is 120 Å². The van der Waals surface area contributed by atoms with E-state index < -0.39 is 0 Å². The summed E-state index contributed by atoms with van der Waals surface area (Å²) < 4.78 is 25.1. The van der Waals surface area contributed by atoms with Crippen molar-refractivity contribution in [2.45, 2.75) is 240 Å². The van der Waals surface area contributed by atoms with Gasteiger partial charge in [-0.25, -0.2) is 0 Å². The van der Waals surface area contributed by atoms with Crippen LogP contribution < -0.4 is 0 Å². The normalized spacial score (nSPS) is 12.3. The summed E-state index contributed by atoms with van der Waals surface area (Å²) in [6.07, 6.45) is 0. The molecular weight excluding hydrogens is 1390 g/mol.